The first-order chi connectivity index (χ1) is 24.9. The normalized spacial score (nSPS) is 13.3. The molecule has 0 aromatic carbocycles. The van der Waals surface area contributed by atoms with Crippen LogP contribution in [0.25, 0.3) is 0 Å². The molecule has 8 heteroatoms. The van der Waals surface area contributed by atoms with E-state index in [0.717, 1.165) is 51.4 Å². The monoisotopic (exact) mass is 737 g/mol. The van der Waals surface area contributed by atoms with Crippen molar-refractivity contribution in [2.45, 2.75) is 187 Å². The van der Waals surface area contributed by atoms with Gasteiger partial charge in [0.25, 0.3) is 0 Å². The highest BCUT2D eigenvalue weighted by atomic mass is 31.2. The fourth-order valence-electron chi connectivity index (χ4n) is 5.59. The maximum absolute atomic E-state index is 12.4. The van der Waals surface area contributed by atoms with Crippen molar-refractivity contribution in [1.29, 1.82) is 0 Å². The topological polar surface area (TPSA) is 102 Å². The van der Waals surface area contributed by atoms with Crippen LogP contribution in [0.3, 0.4) is 0 Å². The maximum atomic E-state index is 12.4. The van der Waals surface area contributed by atoms with Crippen LogP contribution in [-0.4, -0.2) is 41.7 Å². The first-order valence-electron chi connectivity index (χ1n) is 20.6. The van der Waals surface area contributed by atoms with Crippen molar-refractivity contribution in [2.75, 3.05) is 19.8 Å². The average Bonchev–Trinajstić information content (AvgIpc) is 3.10. The molecule has 0 fully saturated rings. The lowest BCUT2D eigenvalue weighted by Crippen LogP contribution is -2.28. The van der Waals surface area contributed by atoms with E-state index >= 15 is 0 Å². The summed E-state index contributed by atoms with van der Waals surface area (Å²) in [5.74, 6) is -0.418. The summed E-state index contributed by atoms with van der Waals surface area (Å²) < 4.78 is 26.9. The molecule has 0 unspecified atom stereocenters. The number of phosphoric acid groups is 1. The van der Waals surface area contributed by atoms with Crippen molar-refractivity contribution in [3.05, 3.63) is 60.8 Å². The summed E-state index contributed by atoms with van der Waals surface area (Å²) in [6.45, 7) is 4.59. The van der Waals surface area contributed by atoms with Crippen LogP contribution in [0, 0.1) is 0 Å². The molecule has 0 aromatic heterocycles. The van der Waals surface area contributed by atoms with E-state index in [9.17, 15) is 9.36 Å². The molecule has 0 saturated carbocycles. The van der Waals surface area contributed by atoms with Gasteiger partial charge in [0, 0.05) is 13.0 Å². The summed E-state index contributed by atoms with van der Waals surface area (Å²) in [4.78, 5) is 30.6. The first-order valence-corrected chi connectivity index (χ1v) is 22.1. The van der Waals surface area contributed by atoms with E-state index in [4.69, 9.17) is 19.3 Å². The molecule has 1 atom stereocenters. The van der Waals surface area contributed by atoms with Gasteiger partial charge in [-0.15, -0.1) is 0 Å². The molecule has 0 aliphatic rings. The van der Waals surface area contributed by atoms with Crippen molar-refractivity contribution in [3.8, 4) is 0 Å². The van der Waals surface area contributed by atoms with Crippen LogP contribution < -0.4 is 0 Å². The minimum absolute atomic E-state index is 0.0550. The van der Waals surface area contributed by atoms with Crippen LogP contribution >= 0.6 is 7.82 Å². The number of phosphoric ester groups is 1. The Balaban J connectivity index is 3.89. The summed E-state index contributed by atoms with van der Waals surface area (Å²) >= 11 is 0. The molecule has 0 rings (SSSR count). The molecular weight excluding hydrogens is 659 g/mol. The Morgan fingerprint density at radius 3 is 1.39 bits per heavy atom. The Morgan fingerprint density at radius 1 is 0.549 bits per heavy atom. The zero-order chi connectivity index (χ0) is 37.4. The van der Waals surface area contributed by atoms with Gasteiger partial charge in [-0.05, 0) is 51.4 Å². The number of hydrogen-bond acceptors (Lipinski definition) is 5. The van der Waals surface area contributed by atoms with Gasteiger partial charge in [0.15, 0.2) is 0 Å². The molecular formula is C43H77O7P. The lowest BCUT2D eigenvalue weighted by molar-refractivity contribution is -0.154. The first kappa shape index (κ1) is 49.2. The largest absolute Gasteiger partial charge is 0.469 e. The third-order valence-corrected chi connectivity index (χ3v) is 9.07. The number of carbonyl (C=O) groups excluding carboxylic acids is 1. The van der Waals surface area contributed by atoms with Crippen molar-refractivity contribution >= 4 is 13.8 Å². The minimum atomic E-state index is -4.67. The van der Waals surface area contributed by atoms with E-state index in [-0.39, 0.29) is 13.0 Å². The van der Waals surface area contributed by atoms with Gasteiger partial charge in [-0.3, -0.25) is 9.32 Å². The Labute approximate surface area is 313 Å². The molecule has 296 valence electrons. The molecule has 51 heavy (non-hydrogen) atoms. The van der Waals surface area contributed by atoms with Crippen molar-refractivity contribution in [1.82, 2.24) is 0 Å². The molecule has 0 aliphatic carbocycles. The second kappa shape index (κ2) is 39.4. The zero-order valence-electron chi connectivity index (χ0n) is 32.7. The Morgan fingerprint density at radius 2 is 0.961 bits per heavy atom. The van der Waals surface area contributed by atoms with Crippen LogP contribution in [-0.2, 0) is 23.4 Å². The predicted octanol–water partition coefficient (Wildman–Crippen LogP) is 13.0. The fourth-order valence-corrected chi connectivity index (χ4v) is 5.96. The lowest BCUT2D eigenvalue weighted by Gasteiger charge is -2.18. The van der Waals surface area contributed by atoms with Gasteiger partial charge in [0.1, 0.15) is 6.10 Å². The smallest absolute Gasteiger partial charge is 0.457 e. The molecule has 0 aromatic rings. The molecule has 2 N–H and O–H groups in total. The van der Waals surface area contributed by atoms with E-state index in [2.05, 4.69) is 79.1 Å². The number of unbranched alkanes of at least 4 members (excludes halogenated alkanes) is 18. The van der Waals surface area contributed by atoms with E-state index in [1.165, 1.54) is 103 Å². The third kappa shape index (κ3) is 42.5. The highest BCUT2D eigenvalue weighted by molar-refractivity contribution is 7.46. The zero-order valence-corrected chi connectivity index (χ0v) is 33.6. The number of rotatable bonds is 38. The second-order valence-corrected chi connectivity index (χ2v) is 14.8. The van der Waals surface area contributed by atoms with Gasteiger partial charge in [-0.1, -0.05) is 184 Å². The van der Waals surface area contributed by atoms with Gasteiger partial charge in [-0.25, -0.2) is 4.57 Å². The molecule has 0 heterocycles. The number of allylic oxidation sites excluding steroid dienone is 10. The average molecular weight is 737 g/mol. The lowest BCUT2D eigenvalue weighted by atomic mass is 10.0. The Bertz CT molecular complexity index is 950. The van der Waals surface area contributed by atoms with E-state index in [1.54, 1.807) is 0 Å². The van der Waals surface area contributed by atoms with Crippen LogP contribution in [0.15, 0.2) is 60.8 Å². The summed E-state index contributed by atoms with van der Waals surface area (Å²) in [7, 11) is -4.67. The number of hydrogen-bond donors (Lipinski definition) is 2. The summed E-state index contributed by atoms with van der Waals surface area (Å²) in [5.41, 5.74) is 0. The van der Waals surface area contributed by atoms with Gasteiger partial charge < -0.3 is 19.3 Å². The Hall–Kier alpha value is -1.76. The molecule has 0 amide bonds. The van der Waals surface area contributed by atoms with Crippen molar-refractivity contribution in [2.24, 2.45) is 0 Å². The summed E-state index contributed by atoms with van der Waals surface area (Å²) in [6, 6.07) is 0. The quantitative estimate of drug-likeness (QED) is 0.0281. The van der Waals surface area contributed by atoms with E-state index in [1.807, 2.05) is 0 Å². The van der Waals surface area contributed by atoms with E-state index in [0.29, 0.717) is 13.0 Å². The van der Waals surface area contributed by atoms with Crippen LogP contribution in [0.5, 0.6) is 0 Å². The molecule has 0 aliphatic heterocycles. The second-order valence-electron chi connectivity index (χ2n) is 13.6. The maximum Gasteiger partial charge on any atom is 0.469 e. The van der Waals surface area contributed by atoms with Gasteiger partial charge in [0.2, 0.25) is 0 Å². The van der Waals surface area contributed by atoms with Crippen molar-refractivity contribution < 1.29 is 33.1 Å². The number of ether oxygens (including phenoxy) is 2. The predicted molar refractivity (Wildman–Crippen MR) is 216 cm³/mol. The molecule has 0 saturated heterocycles. The molecule has 0 bridgehead atoms. The fraction of sp³-hybridized carbons (Fsp3) is 0.744. The van der Waals surface area contributed by atoms with Crippen LogP contribution in [0.1, 0.15) is 181 Å². The standard InChI is InChI=1S/C43H77O7P/c1-3-5-7-9-11-13-15-17-19-21-23-25-27-29-31-33-35-37-39-48-40-42(41-49-51(45,46)47)50-43(44)38-36-34-32-30-28-26-24-22-20-18-16-14-12-10-8-6-4-2/h6,8,12,14,18,20,24,26,30,32,42H,3-5,7,9-11,13,15-17,19,21-23,25,27-29,31,33-41H2,1-2H3,(H2,45,46,47)/b8-6-,14-12-,20-18-,26-24-,32-30-/t42-/m1/s1. The van der Waals surface area contributed by atoms with Gasteiger partial charge in [-0.2, -0.15) is 0 Å². The highest BCUT2D eigenvalue weighted by Gasteiger charge is 2.21. The minimum Gasteiger partial charge on any atom is -0.457 e. The van der Waals surface area contributed by atoms with Crippen molar-refractivity contribution in [3.63, 3.8) is 0 Å². The molecule has 7 nitrogen and oxygen atoms in total. The van der Waals surface area contributed by atoms with Crippen LogP contribution in [0.4, 0.5) is 0 Å². The summed E-state index contributed by atoms with van der Waals surface area (Å²) in [5, 5.41) is 0. The molecule has 0 radical (unpaired) electrons. The van der Waals surface area contributed by atoms with Gasteiger partial charge >= 0.3 is 13.8 Å². The van der Waals surface area contributed by atoms with E-state index < -0.39 is 26.5 Å². The summed E-state index contributed by atoms with van der Waals surface area (Å²) in [6.07, 6.45) is 50.8. The van der Waals surface area contributed by atoms with Gasteiger partial charge in [0.05, 0.1) is 13.2 Å². The third-order valence-electron chi connectivity index (χ3n) is 8.58. The SMILES string of the molecule is CC/C=C\C/C=C\C/C=C\C/C=C\C/C=C\CCCC(=O)O[C@H](COCCCCCCCCCCCCCCCCCCCC)COP(=O)(O)O. The number of carbonyl (C=O) groups is 1. The Kier molecular flexibility index (Phi) is 38.1. The van der Waals surface area contributed by atoms with Crippen LogP contribution in [0.2, 0.25) is 0 Å². The number of esters is 1. The molecule has 0 spiro atoms. The highest BCUT2D eigenvalue weighted by Crippen LogP contribution is 2.36.